The number of imidazole rings is 1. The molecule has 0 aliphatic heterocycles. The maximum absolute atomic E-state index is 2.53. The third-order valence-corrected chi connectivity index (χ3v) is 12.9. The van der Waals surface area contributed by atoms with E-state index >= 15 is 0 Å². The van der Waals surface area contributed by atoms with Crippen molar-refractivity contribution in [1.29, 1.82) is 0 Å². The zero-order chi connectivity index (χ0) is 41.4. The van der Waals surface area contributed by atoms with Gasteiger partial charge in [0.25, 0.3) is 5.82 Å². The van der Waals surface area contributed by atoms with Crippen molar-refractivity contribution >= 4 is 77.0 Å². The number of hydrogen-bond acceptors (Lipinski definition) is 1. The molecule has 0 N–H and O–H groups in total. The molecule has 3 heterocycles. The maximum atomic E-state index is 2.53. The first kappa shape index (κ1) is 35.3. The summed E-state index contributed by atoms with van der Waals surface area (Å²) in [6.07, 6.45) is 0. The lowest BCUT2D eigenvalue weighted by atomic mass is 9.99. The summed E-state index contributed by atoms with van der Waals surface area (Å²) in [5.74, 6) is 1.13. The minimum absolute atomic E-state index is 1.11. The van der Waals surface area contributed by atoms with Crippen molar-refractivity contribution < 1.29 is 4.57 Å². The van der Waals surface area contributed by atoms with Crippen LogP contribution in [-0.2, 0) is 0 Å². The van der Waals surface area contributed by atoms with Crippen LogP contribution in [0.1, 0.15) is 0 Å². The summed E-state index contributed by atoms with van der Waals surface area (Å²) >= 11 is 0. The third-order valence-electron chi connectivity index (χ3n) is 12.9. The van der Waals surface area contributed by atoms with E-state index in [9.17, 15) is 0 Å². The van der Waals surface area contributed by atoms with E-state index in [4.69, 9.17) is 0 Å². The first-order chi connectivity index (χ1) is 31.3. The highest BCUT2D eigenvalue weighted by molar-refractivity contribution is 6.34. The highest BCUT2D eigenvalue weighted by atomic mass is 15.2. The average Bonchev–Trinajstić information content (AvgIpc) is 3.86. The van der Waals surface area contributed by atoms with Crippen molar-refractivity contribution in [3.8, 4) is 33.9 Å². The van der Waals surface area contributed by atoms with Gasteiger partial charge in [-0.05, 0) is 119 Å². The van der Waals surface area contributed by atoms with Gasteiger partial charge in [0.15, 0.2) is 11.0 Å². The molecule has 0 aliphatic rings. The van der Waals surface area contributed by atoms with Crippen LogP contribution in [-0.4, -0.2) is 8.97 Å². The fourth-order valence-corrected chi connectivity index (χ4v) is 10.2. The molecule has 0 aliphatic carbocycles. The van der Waals surface area contributed by atoms with Gasteiger partial charge in [0, 0.05) is 38.9 Å². The molecule has 0 amide bonds. The highest BCUT2D eigenvalue weighted by Crippen LogP contribution is 2.46. The zero-order valence-electron chi connectivity index (χ0n) is 34.3. The summed E-state index contributed by atoms with van der Waals surface area (Å²) in [6, 6.07) is 85.9. The van der Waals surface area contributed by atoms with Crippen LogP contribution in [0, 0.1) is 0 Å². The Balaban J connectivity index is 1.06. The summed E-state index contributed by atoms with van der Waals surface area (Å²) < 4.78 is 7.50. The lowest BCUT2D eigenvalue weighted by molar-refractivity contribution is -0.555. The standard InChI is InChI=1S/C59H39N4/c1-5-17-42(18-6-1)59-62(46-24-11-4-12-25-46)54-38-37-53-56-55-51(50-27-15-16-28-52(50)63(59)58(54)56)39-43-19-13-14-26-49(43)57(55)61(53)48-35-31-41(32-36-48)40-29-33-47(34-30-40)60(44-20-7-2-8-21-44)45-22-9-3-10-23-45/h1-39H/q+1. The van der Waals surface area contributed by atoms with Gasteiger partial charge in [-0.15, -0.1) is 0 Å². The van der Waals surface area contributed by atoms with Crippen molar-refractivity contribution in [2.24, 2.45) is 0 Å². The summed E-state index contributed by atoms with van der Waals surface area (Å²) in [7, 11) is 0. The molecule has 4 heteroatoms. The van der Waals surface area contributed by atoms with Gasteiger partial charge in [0.05, 0.1) is 22.0 Å². The second-order valence-electron chi connectivity index (χ2n) is 16.3. The predicted octanol–water partition coefficient (Wildman–Crippen LogP) is 15.0. The maximum Gasteiger partial charge on any atom is 0.300 e. The molecule has 63 heavy (non-hydrogen) atoms. The first-order valence-corrected chi connectivity index (χ1v) is 21.6. The molecular formula is C59H39N4+. The third kappa shape index (κ3) is 5.38. The molecule has 0 atom stereocenters. The molecule has 0 saturated heterocycles. The van der Waals surface area contributed by atoms with Gasteiger partial charge >= 0.3 is 0 Å². The summed E-state index contributed by atoms with van der Waals surface area (Å²) in [5, 5.41) is 7.46. The van der Waals surface area contributed by atoms with Gasteiger partial charge in [0.2, 0.25) is 0 Å². The topological polar surface area (TPSA) is 16.5 Å². The Bertz CT molecular complexity index is 3760. The molecule has 4 nitrogen and oxygen atoms in total. The summed E-state index contributed by atoms with van der Waals surface area (Å²) in [4.78, 5) is 2.30. The monoisotopic (exact) mass is 803 g/mol. The molecule has 294 valence electrons. The Hall–Kier alpha value is -8.47. The molecule has 0 fully saturated rings. The molecule has 0 spiro atoms. The predicted molar refractivity (Wildman–Crippen MR) is 263 cm³/mol. The first-order valence-electron chi connectivity index (χ1n) is 21.6. The summed E-state index contributed by atoms with van der Waals surface area (Å²) in [5.41, 5.74) is 15.1. The van der Waals surface area contributed by atoms with Gasteiger partial charge in [0.1, 0.15) is 11.2 Å². The van der Waals surface area contributed by atoms with E-state index in [1.807, 2.05) is 0 Å². The van der Waals surface area contributed by atoms with Crippen molar-refractivity contribution in [1.82, 2.24) is 8.97 Å². The lowest BCUT2D eigenvalue weighted by Gasteiger charge is -2.25. The number of para-hydroxylation sites is 4. The van der Waals surface area contributed by atoms with Gasteiger partial charge in [-0.25, -0.2) is 0 Å². The van der Waals surface area contributed by atoms with Crippen LogP contribution in [0.2, 0.25) is 0 Å². The Labute approximate surface area is 364 Å². The van der Waals surface area contributed by atoms with Crippen LogP contribution in [0.5, 0.6) is 0 Å². The number of benzene rings is 10. The normalized spacial score (nSPS) is 11.8. The quantitative estimate of drug-likeness (QED) is 0.147. The Morgan fingerprint density at radius 1 is 0.365 bits per heavy atom. The van der Waals surface area contributed by atoms with Crippen LogP contribution < -0.4 is 9.47 Å². The van der Waals surface area contributed by atoms with Gasteiger partial charge < -0.3 is 9.47 Å². The van der Waals surface area contributed by atoms with Crippen LogP contribution in [0.25, 0.3) is 93.8 Å². The van der Waals surface area contributed by atoms with E-state index < -0.39 is 0 Å². The van der Waals surface area contributed by atoms with E-state index in [1.54, 1.807) is 0 Å². The molecule has 0 radical (unpaired) electrons. The van der Waals surface area contributed by atoms with E-state index in [1.165, 1.54) is 71.0 Å². The van der Waals surface area contributed by atoms with Crippen molar-refractivity contribution in [2.45, 2.75) is 0 Å². The van der Waals surface area contributed by atoms with Crippen LogP contribution in [0.15, 0.2) is 237 Å². The largest absolute Gasteiger partial charge is 0.311 e. The van der Waals surface area contributed by atoms with Gasteiger partial charge in [-0.1, -0.05) is 140 Å². The molecule has 13 aromatic rings. The highest BCUT2D eigenvalue weighted by Gasteiger charge is 2.33. The zero-order valence-corrected chi connectivity index (χ0v) is 34.3. The smallest absolute Gasteiger partial charge is 0.300 e. The minimum atomic E-state index is 1.11. The number of anilines is 3. The number of hydrogen-bond donors (Lipinski definition) is 0. The van der Waals surface area contributed by atoms with E-state index in [0.717, 1.165) is 39.8 Å². The van der Waals surface area contributed by atoms with Crippen molar-refractivity contribution in [3.05, 3.63) is 237 Å². The number of rotatable bonds is 7. The Kier molecular flexibility index (Phi) is 7.87. The fourth-order valence-electron chi connectivity index (χ4n) is 10.2. The van der Waals surface area contributed by atoms with Crippen LogP contribution in [0.3, 0.4) is 0 Å². The summed E-state index contributed by atoms with van der Waals surface area (Å²) in [6.45, 7) is 0. The second kappa shape index (κ2) is 14.1. The number of aromatic nitrogens is 3. The number of fused-ring (bicyclic) bond motifs is 5. The van der Waals surface area contributed by atoms with Crippen molar-refractivity contribution in [3.63, 3.8) is 0 Å². The Morgan fingerprint density at radius 2 is 0.921 bits per heavy atom. The molecule has 10 aromatic carbocycles. The minimum Gasteiger partial charge on any atom is -0.311 e. The average molecular weight is 804 g/mol. The molecule has 0 unspecified atom stereocenters. The molecule has 13 rings (SSSR count). The lowest BCUT2D eigenvalue weighted by Crippen LogP contribution is -2.32. The van der Waals surface area contributed by atoms with Crippen LogP contribution >= 0.6 is 0 Å². The van der Waals surface area contributed by atoms with Gasteiger partial charge in [-0.3, -0.25) is 0 Å². The van der Waals surface area contributed by atoms with E-state index in [-0.39, 0.29) is 0 Å². The molecular weight excluding hydrogens is 765 g/mol. The SMILES string of the molecule is c1ccc(-c2n3c4ccccc4c4cc5ccccc5c5c4c4c(ccc(c43)[n+]2-c2ccccc2)n5-c2ccc(-c3ccc(N(c4ccccc4)c4ccccc4)cc3)cc2)cc1. The van der Waals surface area contributed by atoms with Gasteiger partial charge in [-0.2, -0.15) is 8.97 Å². The fraction of sp³-hybridized carbons (Fsp3) is 0. The van der Waals surface area contributed by atoms with Crippen LogP contribution in [0.4, 0.5) is 17.1 Å². The molecule has 3 aromatic heterocycles. The van der Waals surface area contributed by atoms with E-state index in [0.29, 0.717) is 0 Å². The second-order valence-corrected chi connectivity index (χ2v) is 16.3. The molecule has 0 saturated carbocycles. The Morgan fingerprint density at radius 3 is 1.60 bits per heavy atom. The van der Waals surface area contributed by atoms with E-state index in [2.05, 4.69) is 255 Å². The number of nitrogens with zero attached hydrogens (tertiary/aromatic N) is 4. The molecule has 0 bridgehead atoms. The van der Waals surface area contributed by atoms with Crippen molar-refractivity contribution in [2.75, 3.05) is 4.90 Å².